The first-order valence-electron chi connectivity index (χ1n) is 4.74. The van der Waals surface area contributed by atoms with Gasteiger partial charge in [-0.05, 0) is 33.6 Å². The van der Waals surface area contributed by atoms with Crippen LogP contribution >= 0.6 is 15.9 Å². The Balaban J connectivity index is 2.20. The van der Waals surface area contributed by atoms with E-state index < -0.39 is 0 Å². The lowest BCUT2D eigenvalue weighted by Crippen LogP contribution is -2.01. The molecule has 0 aliphatic rings. The fourth-order valence-corrected chi connectivity index (χ4v) is 1.86. The quantitative estimate of drug-likeness (QED) is 0.941. The van der Waals surface area contributed by atoms with Crippen LogP contribution in [0.25, 0.3) is 0 Å². The minimum Gasteiger partial charge on any atom is -0.508 e. The molecule has 0 fully saturated rings. The Hall–Kier alpha value is -1.49. The van der Waals surface area contributed by atoms with Gasteiger partial charge in [-0.25, -0.2) is 0 Å². The summed E-state index contributed by atoms with van der Waals surface area (Å²) in [6.45, 7) is 0.629. The van der Waals surface area contributed by atoms with Gasteiger partial charge in [0, 0.05) is 0 Å². The summed E-state index contributed by atoms with van der Waals surface area (Å²) in [5.74, 6) is 0.972. The lowest BCUT2D eigenvalue weighted by molar-refractivity contribution is 0.411. The number of methoxy groups -OCH3 is 1. The summed E-state index contributed by atoms with van der Waals surface area (Å²) in [6, 6.07) is 7.03. The zero-order chi connectivity index (χ0) is 11.5. The number of benzene rings is 1. The van der Waals surface area contributed by atoms with E-state index in [4.69, 9.17) is 9.84 Å². The van der Waals surface area contributed by atoms with Crippen molar-refractivity contribution in [2.24, 2.45) is 0 Å². The van der Waals surface area contributed by atoms with Crippen LogP contribution in [0.1, 0.15) is 5.56 Å². The molecule has 0 saturated heterocycles. The molecule has 0 atom stereocenters. The molecule has 1 heterocycles. The molecule has 84 valence electrons. The Morgan fingerprint density at radius 3 is 2.62 bits per heavy atom. The van der Waals surface area contributed by atoms with Gasteiger partial charge in [0.25, 0.3) is 0 Å². The number of hydrogen-bond acceptors (Lipinski definition) is 3. The summed E-state index contributed by atoms with van der Waals surface area (Å²) in [5, 5.41) is 13.4. The van der Waals surface area contributed by atoms with Crippen LogP contribution in [0.4, 0.5) is 0 Å². The summed E-state index contributed by atoms with van der Waals surface area (Å²) in [4.78, 5) is 0. The molecule has 16 heavy (non-hydrogen) atoms. The Kier molecular flexibility index (Phi) is 3.14. The number of halogens is 1. The first-order chi connectivity index (χ1) is 7.70. The maximum absolute atomic E-state index is 9.17. The van der Waals surface area contributed by atoms with Crippen LogP contribution in [-0.4, -0.2) is 22.0 Å². The maximum atomic E-state index is 9.17. The van der Waals surface area contributed by atoms with Crippen LogP contribution < -0.4 is 4.74 Å². The highest BCUT2D eigenvalue weighted by atomic mass is 79.9. The third-order valence-corrected chi connectivity index (χ3v) is 3.03. The zero-order valence-electron chi connectivity index (χ0n) is 8.72. The van der Waals surface area contributed by atoms with Crippen molar-refractivity contribution >= 4 is 15.9 Å². The van der Waals surface area contributed by atoms with Crippen molar-refractivity contribution in [3.63, 3.8) is 0 Å². The molecule has 1 N–H and O–H groups in total. The van der Waals surface area contributed by atoms with E-state index in [2.05, 4.69) is 21.0 Å². The molecule has 0 amide bonds. The molecule has 0 spiro atoms. The average Bonchev–Trinajstić information content (AvgIpc) is 2.63. The Morgan fingerprint density at radius 2 is 2.06 bits per heavy atom. The van der Waals surface area contributed by atoms with Gasteiger partial charge in [0.2, 0.25) is 0 Å². The second kappa shape index (κ2) is 4.57. The Bertz CT molecular complexity index is 479. The van der Waals surface area contributed by atoms with Crippen LogP contribution in [0.5, 0.6) is 11.5 Å². The van der Waals surface area contributed by atoms with Crippen molar-refractivity contribution in [2.75, 3.05) is 7.11 Å². The number of aromatic hydroxyl groups is 1. The topological polar surface area (TPSA) is 47.3 Å². The van der Waals surface area contributed by atoms with Gasteiger partial charge in [-0.1, -0.05) is 12.1 Å². The van der Waals surface area contributed by atoms with E-state index in [1.807, 2.05) is 12.1 Å². The largest absolute Gasteiger partial charge is 0.508 e. The fourth-order valence-electron chi connectivity index (χ4n) is 1.37. The summed E-state index contributed by atoms with van der Waals surface area (Å²) >= 11 is 3.41. The van der Waals surface area contributed by atoms with Gasteiger partial charge < -0.3 is 9.84 Å². The van der Waals surface area contributed by atoms with Crippen molar-refractivity contribution in [1.82, 2.24) is 9.78 Å². The van der Waals surface area contributed by atoms with Gasteiger partial charge >= 0.3 is 0 Å². The van der Waals surface area contributed by atoms with Crippen molar-refractivity contribution < 1.29 is 9.84 Å². The molecule has 5 heteroatoms. The number of phenols is 1. The van der Waals surface area contributed by atoms with E-state index in [0.29, 0.717) is 12.3 Å². The van der Waals surface area contributed by atoms with Gasteiger partial charge in [-0.3, -0.25) is 4.68 Å². The summed E-state index contributed by atoms with van der Waals surface area (Å²) in [7, 11) is 1.60. The van der Waals surface area contributed by atoms with Gasteiger partial charge in [-0.2, -0.15) is 5.10 Å². The van der Waals surface area contributed by atoms with Crippen molar-refractivity contribution in [3.05, 3.63) is 40.6 Å². The van der Waals surface area contributed by atoms with Crippen LogP contribution in [0.3, 0.4) is 0 Å². The normalized spacial score (nSPS) is 10.4. The molecular formula is C11H11BrN2O2. The van der Waals surface area contributed by atoms with Crippen molar-refractivity contribution in [2.45, 2.75) is 6.54 Å². The smallest absolute Gasteiger partial charge is 0.171 e. The molecule has 0 saturated carbocycles. The highest BCUT2D eigenvalue weighted by molar-refractivity contribution is 9.10. The Morgan fingerprint density at radius 1 is 1.38 bits per heavy atom. The lowest BCUT2D eigenvalue weighted by Gasteiger charge is -2.04. The van der Waals surface area contributed by atoms with Crippen molar-refractivity contribution in [1.29, 1.82) is 0 Å². The fraction of sp³-hybridized carbons (Fsp3) is 0.182. The standard InChI is InChI=1S/C11H11BrN2O2/c1-16-10-6-13-14(11(10)12)7-8-2-4-9(15)5-3-8/h2-6,15H,7H2,1H3. The first-order valence-corrected chi connectivity index (χ1v) is 5.53. The van der Waals surface area contributed by atoms with Crippen LogP contribution in [-0.2, 0) is 6.54 Å². The van der Waals surface area contributed by atoms with E-state index in [-0.39, 0.29) is 5.75 Å². The third-order valence-electron chi connectivity index (χ3n) is 2.23. The predicted octanol–water partition coefficient (Wildman–Crippen LogP) is 2.41. The maximum Gasteiger partial charge on any atom is 0.171 e. The molecular weight excluding hydrogens is 272 g/mol. The lowest BCUT2D eigenvalue weighted by atomic mass is 10.2. The monoisotopic (exact) mass is 282 g/mol. The number of hydrogen-bond donors (Lipinski definition) is 1. The zero-order valence-corrected chi connectivity index (χ0v) is 10.3. The van der Waals surface area contributed by atoms with Crippen LogP contribution in [0, 0.1) is 0 Å². The molecule has 0 aliphatic carbocycles. The highest BCUT2D eigenvalue weighted by Gasteiger charge is 2.08. The van der Waals surface area contributed by atoms with E-state index in [9.17, 15) is 0 Å². The van der Waals surface area contributed by atoms with Crippen LogP contribution in [0.2, 0.25) is 0 Å². The third kappa shape index (κ3) is 2.19. The molecule has 1 aromatic carbocycles. The molecule has 0 aliphatic heterocycles. The minimum atomic E-state index is 0.265. The Labute approximate surface area is 102 Å². The summed E-state index contributed by atoms with van der Waals surface area (Å²) < 4.78 is 7.70. The summed E-state index contributed by atoms with van der Waals surface area (Å²) in [5.41, 5.74) is 1.06. The predicted molar refractivity (Wildman–Crippen MR) is 63.7 cm³/mol. The van der Waals surface area contributed by atoms with E-state index >= 15 is 0 Å². The van der Waals surface area contributed by atoms with Gasteiger partial charge in [0.05, 0.1) is 19.9 Å². The van der Waals surface area contributed by atoms with E-state index in [1.54, 1.807) is 30.1 Å². The number of ether oxygens (including phenoxy) is 1. The van der Waals surface area contributed by atoms with Gasteiger partial charge in [0.15, 0.2) is 5.75 Å². The average molecular weight is 283 g/mol. The van der Waals surface area contributed by atoms with Gasteiger partial charge in [0.1, 0.15) is 10.4 Å². The molecule has 0 unspecified atom stereocenters. The van der Waals surface area contributed by atoms with E-state index in [1.165, 1.54) is 0 Å². The molecule has 2 rings (SSSR count). The number of rotatable bonds is 3. The summed E-state index contributed by atoms with van der Waals surface area (Å²) in [6.07, 6.45) is 1.66. The number of nitrogens with zero attached hydrogens (tertiary/aromatic N) is 2. The van der Waals surface area contributed by atoms with Crippen molar-refractivity contribution in [3.8, 4) is 11.5 Å². The molecule has 4 nitrogen and oxygen atoms in total. The minimum absolute atomic E-state index is 0.265. The first kappa shape index (κ1) is 11.0. The highest BCUT2D eigenvalue weighted by Crippen LogP contribution is 2.24. The SMILES string of the molecule is COc1cnn(Cc2ccc(O)cc2)c1Br. The van der Waals surface area contributed by atoms with Crippen LogP contribution in [0.15, 0.2) is 35.1 Å². The molecule has 0 bridgehead atoms. The second-order valence-corrected chi connectivity index (χ2v) is 4.08. The molecule has 1 aromatic heterocycles. The second-order valence-electron chi connectivity index (χ2n) is 3.33. The van der Waals surface area contributed by atoms with E-state index in [0.717, 1.165) is 10.2 Å². The number of phenolic OH excluding ortho intramolecular Hbond substituents is 1. The van der Waals surface area contributed by atoms with Gasteiger partial charge in [-0.15, -0.1) is 0 Å². The number of aromatic nitrogens is 2. The molecule has 0 radical (unpaired) electrons. The molecule has 2 aromatic rings.